The summed E-state index contributed by atoms with van der Waals surface area (Å²) in [5.74, 6) is -0.521. The summed E-state index contributed by atoms with van der Waals surface area (Å²) >= 11 is 0. The fourth-order valence-electron chi connectivity index (χ4n) is 2.40. The molecular formula is C19H14F4N4O. The number of benzene rings is 2. The van der Waals surface area contributed by atoms with Crippen LogP contribution in [0.3, 0.4) is 0 Å². The van der Waals surface area contributed by atoms with Gasteiger partial charge in [0.15, 0.2) is 0 Å². The molecule has 2 N–H and O–H groups in total. The second-order valence-corrected chi connectivity index (χ2v) is 5.85. The number of carbonyl (C=O) groups excluding carboxylic acids is 1. The van der Waals surface area contributed by atoms with Crippen LogP contribution in [0.1, 0.15) is 21.9 Å². The predicted molar refractivity (Wildman–Crippen MR) is 95.8 cm³/mol. The van der Waals surface area contributed by atoms with E-state index in [0.717, 1.165) is 12.1 Å². The zero-order chi connectivity index (χ0) is 20.3. The van der Waals surface area contributed by atoms with Crippen molar-refractivity contribution in [2.45, 2.75) is 13.1 Å². The van der Waals surface area contributed by atoms with Gasteiger partial charge < -0.3 is 10.6 Å². The molecule has 0 saturated heterocycles. The van der Waals surface area contributed by atoms with Gasteiger partial charge in [0, 0.05) is 17.4 Å². The van der Waals surface area contributed by atoms with Crippen LogP contribution in [0.5, 0.6) is 0 Å². The largest absolute Gasteiger partial charge is 0.416 e. The van der Waals surface area contributed by atoms with Crippen molar-refractivity contribution < 1.29 is 22.4 Å². The summed E-state index contributed by atoms with van der Waals surface area (Å²) in [6.45, 7) is 1.57. The van der Waals surface area contributed by atoms with Crippen molar-refractivity contribution in [3.63, 3.8) is 0 Å². The van der Waals surface area contributed by atoms with Gasteiger partial charge in [-0.05, 0) is 49.4 Å². The predicted octanol–water partition coefficient (Wildman–Crippen LogP) is 4.94. The molecule has 1 aromatic heterocycles. The van der Waals surface area contributed by atoms with E-state index < -0.39 is 23.5 Å². The van der Waals surface area contributed by atoms with E-state index >= 15 is 0 Å². The summed E-state index contributed by atoms with van der Waals surface area (Å²) < 4.78 is 51.4. The lowest BCUT2D eigenvalue weighted by Crippen LogP contribution is -2.16. The second kappa shape index (κ2) is 7.63. The fourth-order valence-corrected chi connectivity index (χ4v) is 2.40. The monoisotopic (exact) mass is 390 g/mol. The smallest absolute Gasteiger partial charge is 0.340 e. The second-order valence-electron chi connectivity index (χ2n) is 5.85. The third-order valence-corrected chi connectivity index (χ3v) is 3.63. The first-order valence-electron chi connectivity index (χ1n) is 8.07. The third-order valence-electron chi connectivity index (χ3n) is 3.63. The zero-order valence-corrected chi connectivity index (χ0v) is 14.5. The highest BCUT2D eigenvalue weighted by Crippen LogP contribution is 2.30. The van der Waals surface area contributed by atoms with E-state index in [1.54, 1.807) is 6.92 Å². The van der Waals surface area contributed by atoms with Crippen molar-refractivity contribution in [3.05, 3.63) is 77.5 Å². The molecule has 28 heavy (non-hydrogen) atoms. The molecule has 0 aliphatic heterocycles. The van der Waals surface area contributed by atoms with Crippen LogP contribution in [-0.2, 0) is 6.18 Å². The van der Waals surface area contributed by atoms with Gasteiger partial charge in [-0.1, -0.05) is 6.07 Å². The van der Waals surface area contributed by atoms with Crippen molar-refractivity contribution in [3.8, 4) is 0 Å². The lowest BCUT2D eigenvalue weighted by atomic mass is 10.2. The molecule has 0 bridgehead atoms. The van der Waals surface area contributed by atoms with E-state index in [0.29, 0.717) is 5.69 Å². The summed E-state index contributed by atoms with van der Waals surface area (Å²) in [6, 6.07) is 11.2. The average Bonchev–Trinajstić information content (AvgIpc) is 2.63. The lowest BCUT2D eigenvalue weighted by molar-refractivity contribution is -0.137. The summed E-state index contributed by atoms with van der Waals surface area (Å²) in [5, 5.41) is 5.30. The molecule has 144 valence electrons. The summed E-state index contributed by atoms with van der Waals surface area (Å²) in [6.07, 6.45) is -4.52. The summed E-state index contributed by atoms with van der Waals surface area (Å²) in [5.41, 5.74) is -0.370. The highest BCUT2D eigenvalue weighted by atomic mass is 19.4. The number of aryl methyl sites for hydroxylation is 1. The van der Waals surface area contributed by atoms with Gasteiger partial charge in [0.25, 0.3) is 5.91 Å². The minimum atomic E-state index is -4.52. The highest BCUT2D eigenvalue weighted by Gasteiger charge is 2.30. The zero-order valence-electron chi connectivity index (χ0n) is 14.5. The lowest BCUT2D eigenvalue weighted by Gasteiger charge is -2.11. The topological polar surface area (TPSA) is 66.9 Å². The number of aromatic nitrogens is 2. The number of rotatable bonds is 4. The minimum absolute atomic E-state index is 0.0101. The molecular weight excluding hydrogens is 376 g/mol. The van der Waals surface area contributed by atoms with Crippen LogP contribution >= 0.6 is 0 Å². The Morgan fingerprint density at radius 2 is 1.68 bits per heavy atom. The van der Waals surface area contributed by atoms with E-state index in [9.17, 15) is 22.4 Å². The van der Waals surface area contributed by atoms with Gasteiger partial charge in [-0.2, -0.15) is 13.2 Å². The van der Waals surface area contributed by atoms with E-state index in [4.69, 9.17) is 0 Å². The van der Waals surface area contributed by atoms with Crippen molar-refractivity contribution in [1.82, 2.24) is 9.97 Å². The number of anilines is 3. The first-order chi connectivity index (χ1) is 13.2. The van der Waals surface area contributed by atoms with Gasteiger partial charge in [-0.3, -0.25) is 4.79 Å². The number of halogens is 4. The molecule has 0 aliphatic carbocycles. The number of carbonyl (C=O) groups is 1. The van der Waals surface area contributed by atoms with Gasteiger partial charge in [0.2, 0.25) is 0 Å². The molecule has 0 spiro atoms. The van der Waals surface area contributed by atoms with Crippen molar-refractivity contribution in [2.24, 2.45) is 0 Å². The van der Waals surface area contributed by atoms with Crippen LogP contribution in [0, 0.1) is 12.7 Å². The van der Waals surface area contributed by atoms with Crippen LogP contribution in [0.2, 0.25) is 0 Å². The maximum Gasteiger partial charge on any atom is 0.416 e. The van der Waals surface area contributed by atoms with E-state index in [1.165, 1.54) is 42.5 Å². The van der Waals surface area contributed by atoms with Crippen LogP contribution < -0.4 is 10.6 Å². The van der Waals surface area contributed by atoms with Gasteiger partial charge in [0.1, 0.15) is 23.2 Å². The molecule has 0 radical (unpaired) electrons. The van der Waals surface area contributed by atoms with Gasteiger partial charge in [-0.25, -0.2) is 14.4 Å². The van der Waals surface area contributed by atoms with Gasteiger partial charge in [0.05, 0.1) is 5.56 Å². The molecule has 9 heteroatoms. The normalized spacial score (nSPS) is 11.2. The molecule has 3 aromatic rings. The number of nitrogens with one attached hydrogen (secondary N) is 2. The van der Waals surface area contributed by atoms with Crippen molar-refractivity contribution in [2.75, 3.05) is 10.6 Å². The average molecular weight is 390 g/mol. The quantitative estimate of drug-likeness (QED) is 0.620. The number of nitrogens with zero attached hydrogens (tertiary/aromatic N) is 2. The molecule has 5 nitrogen and oxygen atoms in total. The molecule has 3 rings (SSSR count). The van der Waals surface area contributed by atoms with Gasteiger partial charge >= 0.3 is 6.18 Å². The van der Waals surface area contributed by atoms with Crippen LogP contribution in [0.25, 0.3) is 0 Å². The minimum Gasteiger partial charge on any atom is -0.340 e. The molecule has 1 heterocycles. The molecule has 1 amide bonds. The van der Waals surface area contributed by atoms with Crippen molar-refractivity contribution in [1.29, 1.82) is 0 Å². The number of hydrogen-bond donors (Lipinski definition) is 2. The number of hydrogen-bond acceptors (Lipinski definition) is 4. The van der Waals surface area contributed by atoms with E-state index in [2.05, 4.69) is 20.6 Å². The first kappa shape index (κ1) is 19.3. The van der Waals surface area contributed by atoms with Crippen molar-refractivity contribution >= 4 is 23.1 Å². The van der Waals surface area contributed by atoms with Crippen LogP contribution in [0.15, 0.2) is 54.6 Å². The van der Waals surface area contributed by atoms with E-state index in [1.807, 2.05) is 0 Å². The maximum absolute atomic E-state index is 13.0. The number of alkyl halides is 3. The Morgan fingerprint density at radius 3 is 2.36 bits per heavy atom. The summed E-state index contributed by atoms with van der Waals surface area (Å²) in [7, 11) is 0. The Balaban J connectivity index is 1.80. The fraction of sp³-hybridized carbons (Fsp3) is 0.105. The van der Waals surface area contributed by atoms with Crippen LogP contribution in [-0.4, -0.2) is 15.9 Å². The number of amides is 1. The van der Waals surface area contributed by atoms with E-state index in [-0.39, 0.29) is 23.0 Å². The maximum atomic E-state index is 13.0. The Hall–Kier alpha value is -3.49. The highest BCUT2D eigenvalue weighted by molar-refractivity contribution is 6.03. The summed E-state index contributed by atoms with van der Waals surface area (Å²) in [4.78, 5) is 20.6. The third kappa shape index (κ3) is 4.81. The molecule has 0 aliphatic rings. The standard InChI is InChI=1S/C19H14F4N4O/c1-11-24-16(10-17(25-11)26-14-7-5-13(20)6-8-14)18(28)27-15-4-2-3-12(9-15)19(21,22)23/h2-10H,1H3,(H,27,28)(H,24,25,26). The Kier molecular flexibility index (Phi) is 5.25. The van der Waals surface area contributed by atoms with Gasteiger partial charge in [-0.15, -0.1) is 0 Å². The molecule has 0 fully saturated rings. The molecule has 2 aromatic carbocycles. The Labute approximate surface area is 157 Å². The SMILES string of the molecule is Cc1nc(Nc2ccc(F)cc2)cc(C(=O)Nc2cccc(C(F)(F)F)c2)n1. The molecule has 0 atom stereocenters. The Bertz CT molecular complexity index is 1000. The molecule has 0 saturated carbocycles. The first-order valence-corrected chi connectivity index (χ1v) is 8.07. The molecule has 0 unspecified atom stereocenters. The Morgan fingerprint density at radius 1 is 0.964 bits per heavy atom. The van der Waals surface area contributed by atoms with Crippen LogP contribution in [0.4, 0.5) is 34.8 Å².